The summed E-state index contributed by atoms with van der Waals surface area (Å²) in [5.41, 5.74) is 1.93. The van der Waals surface area contributed by atoms with Crippen LogP contribution in [-0.2, 0) is 10.2 Å². The zero-order valence-electron chi connectivity index (χ0n) is 14.5. The van der Waals surface area contributed by atoms with E-state index in [1.54, 1.807) is 12.4 Å². The Morgan fingerprint density at radius 3 is 2.40 bits per heavy atom. The van der Waals surface area contributed by atoms with Crippen molar-refractivity contribution in [2.24, 2.45) is 0 Å². The van der Waals surface area contributed by atoms with Gasteiger partial charge in [0.2, 0.25) is 5.91 Å². The standard InChI is InChI=1S/C21H25N3O/c25-20(21(10-11-21)18-8-12-22-13-9-18)23-19(16-24-14-4-5-15-24)17-6-2-1-3-7-17/h1-3,6-9,12-13,19H,4-5,10-11,14-16H2,(H,23,25)/t19-/m1/s1. The highest BCUT2D eigenvalue weighted by molar-refractivity contribution is 5.91. The van der Waals surface area contributed by atoms with Gasteiger partial charge in [0.25, 0.3) is 0 Å². The Labute approximate surface area is 149 Å². The Bertz CT molecular complexity index is 706. The average molecular weight is 335 g/mol. The molecule has 2 aromatic rings. The van der Waals surface area contributed by atoms with Gasteiger partial charge in [-0.15, -0.1) is 0 Å². The van der Waals surface area contributed by atoms with E-state index in [2.05, 4.69) is 27.3 Å². The van der Waals surface area contributed by atoms with E-state index in [1.165, 1.54) is 18.4 Å². The number of rotatable bonds is 6. The predicted molar refractivity (Wildman–Crippen MR) is 98.1 cm³/mol. The van der Waals surface area contributed by atoms with Gasteiger partial charge in [-0.1, -0.05) is 30.3 Å². The van der Waals surface area contributed by atoms with Crippen molar-refractivity contribution in [3.8, 4) is 0 Å². The normalized spacial score (nSPS) is 20.2. The molecule has 4 heteroatoms. The highest BCUT2D eigenvalue weighted by Gasteiger charge is 2.51. The molecular weight excluding hydrogens is 310 g/mol. The molecular formula is C21H25N3O. The number of amides is 1. The molecule has 0 spiro atoms. The minimum Gasteiger partial charge on any atom is -0.347 e. The number of benzene rings is 1. The van der Waals surface area contributed by atoms with E-state index < -0.39 is 0 Å². The van der Waals surface area contributed by atoms with Gasteiger partial charge < -0.3 is 10.2 Å². The summed E-state index contributed by atoms with van der Waals surface area (Å²) in [7, 11) is 0. The molecule has 1 saturated heterocycles. The monoisotopic (exact) mass is 335 g/mol. The molecule has 2 heterocycles. The molecule has 130 valence electrons. The van der Waals surface area contributed by atoms with Crippen LogP contribution in [0.4, 0.5) is 0 Å². The molecule has 1 aliphatic carbocycles. The summed E-state index contributed by atoms with van der Waals surface area (Å²) >= 11 is 0. The number of nitrogens with zero attached hydrogens (tertiary/aromatic N) is 2. The Balaban J connectivity index is 1.53. The molecule has 1 N–H and O–H groups in total. The lowest BCUT2D eigenvalue weighted by Gasteiger charge is -2.27. The fraction of sp³-hybridized carbons (Fsp3) is 0.429. The molecule has 25 heavy (non-hydrogen) atoms. The van der Waals surface area contributed by atoms with Gasteiger partial charge in [-0.3, -0.25) is 9.78 Å². The summed E-state index contributed by atoms with van der Waals surface area (Å²) in [6.45, 7) is 3.16. The van der Waals surface area contributed by atoms with Crippen molar-refractivity contribution >= 4 is 5.91 Å². The molecule has 2 aliphatic rings. The maximum absolute atomic E-state index is 13.1. The number of pyridine rings is 1. The van der Waals surface area contributed by atoms with Crippen molar-refractivity contribution in [1.82, 2.24) is 15.2 Å². The highest BCUT2D eigenvalue weighted by atomic mass is 16.2. The van der Waals surface area contributed by atoms with Gasteiger partial charge in [-0.05, 0) is 62.0 Å². The van der Waals surface area contributed by atoms with Gasteiger partial charge in [0.1, 0.15) is 0 Å². The molecule has 1 aliphatic heterocycles. The second-order valence-electron chi connectivity index (χ2n) is 7.26. The molecule has 1 amide bonds. The fourth-order valence-corrected chi connectivity index (χ4v) is 3.88. The summed E-state index contributed by atoms with van der Waals surface area (Å²) < 4.78 is 0. The van der Waals surface area contributed by atoms with Gasteiger partial charge in [0.05, 0.1) is 11.5 Å². The Morgan fingerprint density at radius 2 is 1.76 bits per heavy atom. The zero-order valence-corrected chi connectivity index (χ0v) is 14.5. The van der Waals surface area contributed by atoms with E-state index in [-0.39, 0.29) is 17.4 Å². The zero-order chi connectivity index (χ0) is 17.1. The number of aromatic nitrogens is 1. The molecule has 1 aromatic heterocycles. The van der Waals surface area contributed by atoms with Gasteiger partial charge in [0, 0.05) is 18.9 Å². The van der Waals surface area contributed by atoms with Gasteiger partial charge >= 0.3 is 0 Å². The van der Waals surface area contributed by atoms with E-state index in [9.17, 15) is 4.79 Å². The molecule has 1 saturated carbocycles. The van der Waals surface area contributed by atoms with E-state index in [0.717, 1.165) is 38.0 Å². The van der Waals surface area contributed by atoms with Crippen LogP contribution < -0.4 is 5.32 Å². The number of carbonyl (C=O) groups is 1. The van der Waals surface area contributed by atoms with Crippen molar-refractivity contribution in [3.63, 3.8) is 0 Å². The first kappa shape index (κ1) is 16.3. The smallest absolute Gasteiger partial charge is 0.231 e. The number of hydrogen-bond donors (Lipinski definition) is 1. The summed E-state index contributed by atoms with van der Waals surface area (Å²) in [5, 5.41) is 3.36. The van der Waals surface area contributed by atoms with Crippen LogP contribution in [-0.4, -0.2) is 35.4 Å². The van der Waals surface area contributed by atoms with Crippen LogP contribution in [0.3, 0.4) is 0 Å². The molecule has 0 unspecified atom stereocenters. The van der Waals surface area contributed by atoms with Crippen LogP contribution in [0.5, 0.6) is 0 Å². The first-order valence-corrected chi connectivity index (χ1v) is 9.27. The first-order chi connectivity index (χ1) is 12.3. The van der Waals surface area contributed by atoms with Crippen LogP contribution >= 0.6 is 0 Å². The topological polar surface area (TPSA) is 45.2 Å². The molecule has 4 rings (SSSR count). The van der Waals surface area contributed by atoms with Gasteiger partial charge in [-0.2, -0.15) is 0 Å². The Hall–Kier alpha value is -2.20. The van der Waals surface area contributed by atoms with Crippen LogP contribution in [0.25, 0.3) is 0 Å². The van der Waals surface area contributed by atoms with Crippen molar-refractivity contribution < 1.29 is 4.79 Å². The third-order valence-corrected chi connectivity index (χ3v) is 5.56. The Morgan fingerprint density at radius 1 is 1.08 bits per heavy atom. The van der Waals surface area contributed by atoms with E-state index in [0.29, 0.717) is 0 Å². The number of likely N-dealkylation sites (tertiary alicyclic amines) is 1. The van der Waals surface area contributed by atoms with Gasteiger partial charge in [0.15, 0.2) is 0 Å². The second-order valence-corrected chi connectivity index (χ2v) is 7.26. The summed E-state index contributed by atoms with van der Waals surface area (Å²) in [6, 6.07) is 14.4. The largest absolute Gasteiger partial charge is 0.347 e. The lowest BCUT2D eigenvalue weighted by atomic mass is 9.95. The molecule has 1 aromatic carbocycles. The molecule has 0 bridgehead atoms. The summed E-state index contributed by atoms with van der Waals surface area (Å²) in [5.74, 6) is 0.159. The van der Waals surface area contributed by atoms with Crippen LogP contribution in [0.2, 0.25) is 0 Å². The molecule has 0 radical (unpaired) electrons. The van der Waals surface area contributed by atoms with Crippen LogP contribution in [0.15, 0.2) is 54.9 Å². The molecule has 4 nitrogen and oxygen atoms in total. The molecule has 1 atom stereocenters. The summed E-state index contributed by atoms with van der Waals surface area (Å²) in [6.07, 6.45) is 7.93. The van der Waals surface area contributed by atoms with Crippen molar-refractivity contribution in [2.45, 2.75) is 37.1 Å². The third-order valence-electron chi connectivity index (χ3n) is 5.56. The third kappa shape index (κ3) is 3.45. The second kappa shape index (κ2) is 6.96. The maximum atomic E-state index is 13.1. The maximum Gasteiger partial charge on any atom is 0.231 e. The minimum atomic E-state index is -0.346. The van der Waals surface area contributed by atoms with Crippen molar-refractivity contribution in [1.29, 1.82) is 0 Å². The van der Waals surface area contributed by atoms with E-state index >= 15 is 0 Å². The van der Waals surface area contributed by atoms with Crippen LogP contribution in [0, 0.1) is 0 Å². The van der Waals surface area contributed by atoms with E-state index in [1.807, 2.05) is 30.3 Å². The first-order valence-electron chi connectivity index (χ1n) is 9.27. The summed E-state index contributed by atoms with van der Waals surface area (Å²) in [4.78, 5) is 19.7. The minimum absolute atomic E-state index is 0.0473. The lowest BCUT2D eigenvalue weighted by molar-refractivity contribution is -0.124. The number of carbonyl (C=O) groups excluding carboxylic acids is 1. The quantitative estimate of drug-likeness (QED) is 0.882. The highest BCUT2D eigenvalue weighted by Crippen LogP contribution is 2.48. The number of hydrogen-bond acceptors (Lipinski definition) is 3. The van der Waals surface area contributed by atoms with Crippen molar-refractivity contribution in [3.05, 3.63) is 66.0 Å². The van der Waals surface area contributed by atoms with Gasteiger partial charge in [-0.25, -0.2) is 0 Å². The SMILES string of the molecule is O=C(N[C@H](CN1CCCC1)c1ccccc1)C1(c2ccncc2)CC1. The number of nitrogens with one attached hydrogen (secondary N) is 1. The molecule has 2 fully saturated rings. The lowest BCUT2D eigenvalue weighted by Crippen LogP contribution is -2.41. The van der Waals surface area contributed by atoms with E-state index in [4.69, 9.17) is 0 Å². The van der Waals surface area contributed by atoms with Crippen molar-refractivity contribution in [2.75, 3.05) is 19.6 Å². The predicted octanol–water partition coefficient (Wildman–Crippen LogP) is 3.07. The average Bonchev–Trinajstić information content (AvgIpc) is 3.33. The Kier molecular flexibility index (Phi) is 4.53. The van der Waals surface area contributed by atoms with Crippen LogP contribution in [0.1, 0.15) is 42.9 Å². The fourth-order valence-electron chi connectivity index (χ4n) is 3.88.